The molecular weight excluding hydrogens is 545 g/mol. The quantitative estimate of drug-likeness (QED) is 0.239. The van der Waals surface area contributed by atoms with Gasteiger partial charge in [-0.25, -0.2) is 4.98 Å². The molecule has 0 aliphatic carbocycles. The number of benzene rings is 3. The number of para-hydroxylation sites is 1. The molecule has 38 heavy (non-hydrogen) atoms. The number of nitrogens with zero attached hydrogens (tertiary/aromatic N) is 2. The molecule has 4 rings (SSSR count). The molecule has 10 heteroatoms. The molecule has 0 saturated heterocycles. The first-order chi connectivity index (χ1) is 18.3. The molecule has 0 fully saturated rings. The van der Waals surface area contributed by atoms with Crippen LogP contribution in [0, 0.1) is 6.92 Å². The van der Waals surface area contributed by atoms with Gasteiger partial charge in [0.05, 0.1) is 34.1 Å². The Morgan fingerprint density at radius 3 is 2.71 bits per heavy atom. The molecule has 0 bridgehead atoms. The van der Waals surface area contributed by atoms with Gasteiger partial charge in [0.2, 0.25) is 11.8 Å². The number of aromatic nitrogens is 1. The van der Waals surface area contributed by atoms with E-state index < -0.39 is 5.91 Å². The van der Waals surface area contributed by atoms with Crippen LogP contribution in [0.2, 0.25) is 10.0 Å². The zero-order valence-electron chi connectivity index (χ0n) is 21.0. The number of hydrogen-bond donors (Lipinski definition) is 1. The average molecular weight is 570 g/mol. The van der Waals surface area contributed by atoms with Crippen molar-refractivity contribution < 1.29 is 19.1 Å². The molecule has 2 amide bonds. The minimum atomic E-state index is -0.405. The maximum atomic E-state index is 12.8. The van der Waals surface area contributed by atoms with Gasteiger partial charge in [0.15, 0.2) is 0 Å². The Kier molecular flexibility index (Phi) is 8.89. The van der Waals surface area contributed by atoms with Gasteiger partial charge in [-0.1, -0.05) is 41.4 Å². The van der Waals surface area contributed by atoms with E-state index in [0.29, 0.717) is 32.8 Å². The molecule has 0 spiro atoms. The summed E-state index contributed by atoms with van der Waals surface area (Å²) in [5.74, 6) is 0.548. The van der Waals surface area contributed by atoms with Gasteiger partial charge in [0.1, 0.15) is 23.6 Å². The van der Waals surface area contributed by atoms with Crippen LogP contribution >= 0.6 is 34.5 Å². The second-order valence-corrected chi connectivity index (χ2v) is 10.3. The van der Waals surface area contributed by atoms with E-state index in [2.05, 4.69) is 10.3 Å². The number of aryl methyl sites for hydroxylation is 1. The molecule has 3 aromatic carbocycles. The number of hydrogen-bond acceptors (Lipinski definition) is 6. The number of carbonyl (C=O) groups is 2. The number of methoxy groups -OCH3 is 1. The molecular formula is C28H25Cl2N3O4S. The Balaban J connectivity index is 1.40. The lowest BCUT2D eigenvalue weighted by atomic mass is 10.2. The lowest BCUT2D eigenvalue weighted by Gasteiger charge is -2.21. The van der Waals surface area contributed by atoms with Gasteiger partial charge in [0, 0.05) is 23.7 Å². The summed E-state index contributed by atoms with van der Waals surface area (Å²) in [6.07, 6.45) is 3.00. The van der Waals surface area contributed by atoms with Crippen molar-refractivity contribution in [3.05, 3.63) is 86.9 Å². The molecule has 0 radical (unpaired) electrons. The summed E-state index contributed by atoms with van der Waals surface area (Å²) in [6, 6.07) is 16.3. The molecule has 1 N–H and O–H groups in total. The molecule has 7 nitrogen and oxygen atoms in total. The lowest BCUT2D eigenvalue weighted by molar-refractivity contribution is -0.122. The zero-order valence-corrected chi connectivity index (χ0v) is 23.3. The van der Waals surface area contributed by atoms with Gasteiger partial charge in [-0.3, -0.25) is 9.59 Å². The van der Waals surface area contributed by atoms with Crippen LogP contribution in [0.5, 0.6) is 11.5 Å². The fourth-order valence-corrected chi connectivity index (χ4v) is 5.12. The highest BCUT2D eigenvalue weighted by molar-refractivity contribution is 7.18. The number of fused-ring (bicyclic) bond motifs is 1. The Hall–Kier alpha value is -3.59. The van der Waals surface area contributed by atoms with Crippen LogP contribution in [0.25, 0.3) is 16.3 Å². The average Bonchev–Trinajstić information content (AvgIpc) is 3.31. The van der Waals surface area contributed by atoms with Gasteiger partial charge < -0.3 is 19.7 Å². The highest BCUT2D eigenvalue weighted by atomic mass is 35.5. The van der Waals surface area contributed by atoms with E-state index in [4.69, 9.17) is 32.7 Å². The monoisotopic (exact) mass is 569 g/mol. The number of ether oxygens (including phenoxy) is 2. The number of amides is 2. The topological polar surface area (TPSA) is 80.8 Å². The van der Waals surface area contributed by atoms with Crippen molar-refractivity contribution in [3.63, 3.8) is 0 Å². The van der Waals surface area contributed by atoms with E-state index in [9.17, 15) is 9.59 Å². The predicted molar refractivity (Wildman–Crippen MR) is 154 cm³/mol. The van der Waals surface area contributed by atoms with Crippen molar-refractivity contribution >= 4 is 68.3 Å². The summed E-state index contributed by atoms with van der Waals surface area (Å²) in [7, 11) is 3.16. The second kappa shape index (κ2) is 12.3. The fourth-order valence-electron chi connectivity index (χ4n) is 3.67. The van der Waals surface area contributed by atoms with Gasteiger partial charge in [-0.15, -0.1) is 11.3 Å². The van der Waals surface area contributed by atoms with Gasteiger partial charge in [-0.05, 0) is 55.0 Å². The van der Waals surface area contributed by atoms with E-state index in [1.807, 2.05) is 43.3 Å². The number of thiazole rings is 1. The van der Waals surface area contributed by atoms with Crippen LogP contribution in [-0.2, 0) is 16.2 Å². The summed E-state index contributed by atoms with van der Waals surface area (Å²) >= 11 is 14.7. The van der Waals surface area contributed by atoms with Crippen LogP contribution in [0.15, 0.2) is 60.7 Å². The summed E-state index contributed by atoms with van der Waals surface area (Å²) in [5, 5.41) is 4.24. The summed E-state index contributed by atoms with van der Waals surface area (Å²) < 4.78 is 12.2. The van der Waals surface area contributed by atoms with Crippen molar-refractivity contribution in [2.75, 3.05) is 25.6 Å². The first-order valence-corrected chi connectivity index (χ1v) is 13.2. The van der Waals surface area contributed by atoms with Crippen LogP contribution in [0.4, 0.5) is 5.69 Å². The van der Waals surface area contributed by atoms with Crippen molar-refractivity contribution in [2.24, 2.45) is 0 Å². The molecule has 4 aromatic rings. The molecule has 0 saturated carbocycles. The second-order valence-electron chi connectivity index (χ2n) is 8.26. The minimum Gasteiger partial charge on any atom is -0.497 e. The molecule has 0 aliphatic rings. The number of likely N-dealkylation sites (N-methyl/N-ethyl adjacent to an activating group) is 1. The van der Waals surface area contributed by atoms with E-state index >= 15 is 0 Å². The molecule has 0 atom stereocenters. The summed E-state index contributed by atoms with van der Waals surface area (Å²) in [5.41, 5.74) is 2.57. The Bertz CT molecular complexity index is 1520. The molecule has 0 aliphatic heterocycles. The highest BCUT2D eigenvalue weighted by Crippen LogP contribution is 2.36. The van der Waals surface area contributed by atoms with Crippen molar-refractivity contribution in [1.29, 1.82) is 0 Å². The fraction of sp³-hybridized carbons (Fsp3) is 0.179. The first-order valence-electron chi connectivity index (χ1n) is 11.6. The van der Waals surface area contributed by atoms with E-state index in [0.717, 1.165) is 20.8 Å². The first kappa shape index (κ1) is 27.4. The van der Waals surface area contributed by atoms with Crippen LogP contribution in [0.3, 0.4) is 0 Å². The third-order valence-corrected chi connectivity index (χ3v) is 7.41. The van der Waals surface area contributed by atoms with Crippen LogP contribution < -0.4 is 19.7 Å². The van der Waals surface area contributed by atoms with Gasteiger partial charge in [-0.2, -0.15) is 0 Å². The van der Waals surface area contributed by atoms with E-state index in [1.165, 1.54) is 11.0 Å². The zero-order chi connectivity index (χ0) is 27.2. The molecule has 1 heterocycles. The number of nitrogens with one attached hydrogen (secondary N) is 1. The predicted octanol–water partition coefficient (Wildman–Crippen LogP) is 6.29. The Morgan fingerprint density at radius 1 is 1.13 bits per heavy atom. The van der Waals surface area contributed by atoms with Gasteiger partial charge in [0.25, 0.3) is 0 Å². The van der Waals surface area contributed by atoms with Gasteiger partial charge >= 0.3 is 0 Å². The maximum absolute atomic E-state index is 12.8. The van der Waals surface area contributed by atoms with Crippen molar-refractivity contribution in [2.45, 2.75) is 13.5 Å². The summed E-state index contributed by atoms with van der Waals surface area (Å²) in [4.78, 5) is 31.0. The molecule has 0 unspecified atom stereocenters. The number of halogens is 2. The van der Waals surface area contributed by atoms with Crippen molar-refractivity contribution in [3.8, 4) is 11.5 Å². The Labute approximate surface area is 234 Å². The standard InChI is InChI=1S/C28H25Cl2N3O4S/c1-17-32-28-23(8-5-9-24(28)38-17)37-16-20-21(29)11-12-22(27(20)30)33(2)26(35)15-31-25(34)13-10-18-6-4-7-19(14-18)36-3/h4-14H,15-16H2,1-3H3,(H,31,34)/b13-10+. The van der Waals surface area contributed by atoms with Crippen molar-refractivity contribution in [1.82, 2.24) is 10.3 Å². The molecule has 196 valence electrons. The largest absolute Gasteiger partial charge is 0.497 e. The van der Waals surface area contributed by atoms with E-state index in [-0.39, 0.29) is 19.1 Å². The SMILES string of the molecule is COc1cccc(/C=C/C(=O)NCC(=O)N(C)c2ccc(Cl)c(COc3cccc4sc(C)nc34)c2Cl)c1. The normalized spacial score (nSPS) is 11.1. The number of anilines is 1. The third-order valence-electron chi connectivity index (χ3n) is 5.70. The summed E-state index contributed by atoms with van der Waals surface area (Å²) in [6.45, 7) is 1.82. The smallest absolute Gasteiger partial charge is 0.246 e. The van der Waals surface area contributed by atoms with E-state index in [1.54, 1.807) is 49.8 Å². The maximum Gasteiger partial charge on any atom is 0.246 e. The lowest BCUT2D eigenvalue weighted by Crippen LogP contribution is -2.37. The number of rotatable bonds is 9. The molecule has 1 aromatic heterocycles. The van der Waals surface area contributed by atoms with Crippen LogP contribution in [-0.4, -0.2) is 37.5 Å². The van der Waals surface area contributed by atoms with Crippen LogP contribution in [0.1, 0.15) is 16.1 Å². The number of carbonyl (C=O) groups excluding carboxylic acids is 2. The highest BCUT2D eigenvalue weighted by Gasteiger charge is 2.19. The third kappa shape index (κ3) is 6.45. The Morgan fingerprint density at radius 2 is 1.92 bits per heavy atom. The minimum absolute atomic E-state index is 0.0923.